The maximum atomic E-state index is 14.8. The van der Waals surface area contributed by atoms with Gasteiger partial charge in [-0.1, -0.05) is 44.5 Å². The summed E-state index contributed by atoms with van der Waals surface area (Å²) in [6.07, 6.45) is 1.48. The molecule has 0 spiro atoms. The highest BCUT2D eigenvalue weighted by atomic mass is 35.5. The molecule has 1 saturated heterocycles. The van der Waals surface area contributed by atoms with Crippen LogP contribution in [0.2, 0.25) is 5.02 Å². The van der Waals surface area contributed by atoms with E-state index in [9.17, 15) is 37.4 Å². The Morgan fingerprint density at radius 2 is 1.78 bits per heavy atom. The number of nitrogens with zero attached hydrogens (tertiary/aromatic N) is 3. The minimum absolute atomic E-state index is 0.00761. The van der Waals surface area contributed by atoms with Gasteiger partial charge in [-0.05, 0) is 61.8 Å². The fourth-order valence-corrected chi connectivity index (χ4v) is 10.7. The second kappa shape index (κ2) is 17.3. The third-order valence-corrected chi connectivity index (χ3v) is 14.4. The smallest absolute Gasteiger partial charge is 0.408 e. The Labute approximate surface area is 352 Å². The Balaban J connectivity index is 1.36. The minimum atomic E-state index is -4.64. The van der Waals surface area contributed by atoms with E-state index >= 15 is 0 Å². The van der Waals surface area contributed by atoms with Crippen LogP contribution in [0.4, 0.5) is 13.6 Å². The number of methoxy groups -OCH3 is 1. The molecule has 324 valence electrons. The number of hydrogen-bond donors (Lipinski definition) is 3. The van der Waals surface area contributed by atoms with Crippen molar-refractivity contribution < 1.29 is 51.6 Å². The fourth-order valence-electron chi connectivity index (χ4n) is 8.00. The molecule has 1 aliphatic heterocycles. The fraction of sp³-hybridized carbons (Fsp3) is 0.500. The monoisotopic (exact) mass is 873 g/mol. The average molecular weight is 874 g/mol. The number of carbonyl (C=O) groups is 4. The van der Waals surface area contributed by atoms with Crippen molar-refractivity contribution in [2.45, 2.75) is 95.0 Å². The summed E-state index contributed by atoms with van der Waals surface area (Å²) >= 11 is 6.67. The number of likely N-dealkylation sites (tertiary alicyclic amines) is 1. The number of nitrogens with one attached hydrogen (secondary N) is 2. The number of carbonyl (C=O) groups excluding carboxylic acids is 4. The third-order valence-electron chi connectivity index (χ3n) is 11.5. The number of benzene rings is 2. The number of halogens is 3. The highest BCUT2D eigenvalue weighted by molar-refractivity contribution is 7.59. The summed E-state index contributed by atoms with van der Waals surface area (Å²) in [6, 6.07) is 5.22. The van der Waals surface area contributed by atoms with Crippen molar-refractivity contribution in [1.29, 1.82) is 0 Å². The van der Waals surface area contributed by atoms with Crippen molar-refractivity contribution in [2.75, 3.05) is 27.7 Å². The van der Waals surface area contributed by atoms with Crippen LogP contribution >= 0.6 is 19.0 Å². The zero-order chi connectivity index (χ0) is 43.9. The number of alkyl carbamates (subject to hydrolysis) is 1. The van der Waals surface area contributed by atoms with Gasteiger partial charge in [-0.2, -0.15) is 0 Å². The molecule has 0 radical (unpaired) electrons. The number of rotatable bonds is 13. The highest BCUT2D eigenvalue weighted by Gasteiger charge is 2.66. The van der Waals surface area contributed by atoms with E-state index in [1.54, 1.807) is 47.0 Å². The van der Waals surface area contributed by atoms with Crippen LogP contribution in [0.25, 0.3) is 10.9 Å². The summed E-state index contributed by atoms with van der Waals surface area (Å²) in [7, 11) is -0.105. The zero-order valence-corrected chi connectivity index (χ0v) is 36.1. The molecule has 1 aromatic heterocycles. The summed E-state index contributed by atoms with van der Waals surface area (Å²) in [5.74, 6) is -4.25. The SMILES string of the molecule is C=C[C@@H]1C[C@]1(NC(=O)[C@@H]1C[C@@H](Oc2cc(C(=O)N(C)C)nc3c(Cl)c(OC)ccc23)CN1C(=O)C(NC(=O)OC1CCCC1)C(C)(C)C)P(=O)(O)Cc1c(F)cccc1F. The molecular formula is C42H51ClF2N5O9P. The van der Waals surface area contributed by atoms with Crippen molar-refractivity contribution in [3.63, 3.8) is 0 Å². The minimum Gasteiger partial charge on any atom is -0.495 e. The van der Waals surface area contributed by atoms with Crippen LogP contribution < -0.4 is 20.1 Å². The Kier molecular flexibility index (Phi) is 12.9. The first-order chi connectivity index (χ1) is 28.2. The molecule has 60 heavy (non-hydrogen) atoms. The van der Waals surface area contributed by atoms with Crippen LogP contribution in [-0.2, 0) is 25.1 Å². The topological polar surface area (TPSA) is 177 Å². The first-order valence-electron chi connectivity index (χ1n) is 19.7. The van der Waals surface area contributed by atoms with Gasteiger partial charge in [-0.3, -0.25) is 18.9 Å². The molecule has 0 bridgehead atoms. The standard InChI is InChI=1S/C42H51ClF2N5O9P/c1-8-23-20-42(23,60(55,56)22-27-28(44)14-11-15-29(27)45)48-37(51)31-18-25(21-50(31)39(53)36(41(2,3)4)47-40(54)59-24-12-9-10-13-24)58-33-19-30(38(52)49(5)6)46-35-26(33)16-17-32(57-7)34(35)43/h8,11,14-17,19,23-25,31,36H,1,9-10,12-13,18,20-22H2,2-7H3,(H,47,54)(H,48,51)(H,55,56)/t23-,25-,31+,36?,42+/m1/s1. The van der Waals surface area contributed by atoms with E-state index < -0.39 is 89.3 Å². The molecule has 4 amide bonds. The molecule has 14 nitrogen and oxygen atoms in total. The van der Waals surface area contributed by atoms with Gasteiger partial charge in [0, 0.05) is 43.5 Å². The summed E-state index contributed by atoms with van der Waals surface area (Å²) in [5, 5.41) is 4.11. The molecular weight excluding hydrogens is 823 g/mol. The number of fused-ring (bicyclic) bond motifs is 1. The van der Waals surface area contributed by atoms with Crippen LogP contribution in [0, 0.1) is 23.0 Å². The maximum absolute atomic E-state index is 14.8. The summed E-state index contributed by atoms with van der Waals surface area (Å²) in [5.41, 5.74) is -1.31. The van der Waals surface area contributed by atoms with Crippen molar-refractivity contribution in [3.8, 4) is 11.5 Å². The lowest BCUT2D eigenvalue weighted by molar-refractivity contribution is -0.142. The maximum Gasteiger partial charge on any atom is 0.408 e. The van der Waals surface area contributed by atoms with Crippen LogP contribution in [0.3, 0.4) is 0 Å². The van der Waals surface area contributed by atoms with Gasteiger partial charge in [-0.15, -0.1) is 6.58 Å². The number of amides is 4. The van der Waals surface area contributed by atoms with Crippen molar-refractivity contribution in [2.24, 2.45) is 11.3 Å². The molecule has 2 heterocycles. The van der Waals surface area contributed by atoms with Crippen molar-refractivity contribution in [3.05, 3.63) is 77.0 Å². The van der Waals surface area contributed by atoms with Gasteiger partial charge in [0.25, 0.3) is 5.91 Å². The van der Waals surface area contributed by atoms with Crippen molar-refractivity contribution in [1.82, 2.24) is 25.4 Å². The molecule has 2 aliphatic carbocycles. The van der Waals surface area contributed by atoms with Crippen LogP contribution in [0.15, 0.2) is 49.1 Å². The molecule has 18 heteroatoms. The van der Waals surface area contributed by atoms with Crippen molar-refractivity contribution >= 4 is 53.7 Å². The first kappa shape index (κ1) is 44.8. The third kappa shape index (κ3) is 8.96. The van der Waals surface area contributed by atoms with Gasteiger partial charge in [0.05, 0.1) is 25.3 Å². The highest BCUT2D eigenvalue weighted by Crippen LogP contribution is 2.71. The normalized spacial score (nSPS) is 23.0. The predicted octanol–water partition coefficient (Wildman–Crippen LogP) is 6.80. The first-order valence-corrected chi connectivity index (χ1v) is 22.0. The Morgan fingerprint density at radius 1 is 1.12 bits per heavy atom. The Morgan fingerprint density at radius 3 is 2.37 bits per heavy atom. The van der Waals surface area contributed by atoms with E-state index in [0.29, 0.717) is 24.0 Å². The van der Waals surface area contributed by atoms with E-state index in [1.807, 2.05) is 0 Å². The van der Waals surface area contributed by atoms with Crippen LogP contribution in [-0.4, -0.2) is 101 Å². The number of aromatic nitrogens is 1. The molecule has 6 rings (SSSR count). The molecule has 3 aromatic rings. The molecule has 3 aliphatic rings. The Hall–Kier alpha value is -4.79. The Bertz CT molecular complexity index is 2230. The van der Waals surface area contributed by atoms with Gasteiger partial charge in [0.2, 0.25) is 19.2 Å². The lowest BCUT2D eigenvalue weighted by Gasteiger charge is -2.36. The zero-order valence-electron chi connectivity index (χ0n) is 34.4. The van der Waals surface area contributed by atoms with Gasteiger partial charge >= 0.3 is 6.09 Å². The molecule has 3 N–H and O–H groups in total. The molecule has 2 aromatic carbocycles. The van der Waals surface area contributed by atoms with E-state index in [1.165, 1.54) is 29.1 Å². The molecule has 2 unspecified atom stereocenters. The average Bonchev–Trinajstić information content (AvgIpc) is 3.45. The molecule has 2 saturated carbocycles. The number of ether oxygens (including phenoxy) is 3. The van der Waals surface area contributed by atoms with E-state index in [0.717, 1.165) is 31.0 Å². The number of hydrogen-bond acceptors (Lipinski definition) is 9. The second-order valence-corrected chi connectivity index (χ2v) is 19.8. The number of pyridine rings is 1. The quantitative estimate of drug-likeness (QED) is 0.122. The van der Waals surface area contributed by atoms with E-state index in [2.05, 4.69) is 22.2 Å². The van der Waals surface area contributed by atoms with Crippen LogP contribution in [0.1, 0.15) is 75.3 Å². The van der Waals surface area contributed by atoms with Gasteiger partial charge in [0.1, 0.15) is 63.4 Å². The van der Waals surface area contributed by atoms with E-state index in [4.69, 9.17) is 25.8 Å². The molecule has 6 atom stereocenters. The van der Waals surface area contributed by atoms with Gasteiger partial charge in [-0.25, -0.2) is 18.6 Å². The lowest BCUT2D eigenvalue weighted by atomic mass is 9.85. The van der Waals surface area contributed by atoms with Crippen LogP contribution in [0.5, 0.6) is 11.5 Å². The predicted molar refractivity (Wildman–Crippen MR) is 220 cm³/mol. The summed E-state index contributed by atoms with van der Waals surface area (Å²) in [6.45, 7) is 8.77. The largest absolute Gasteiger partial charge is 0.495 e. The summed E-state index contributed by atoms with van der Waals surface area (Å²) < 4.78 is 61.3. The van der Waals surface area contributed by atoms with Gasteiger partial charge in [0.15, 0.2) is 0 Å². The summed E-state index contributed by atoms with van der Waals surface area (Å²) in [4.78, 5) is 74.4. The second-order valence-electron chi connectivity index (χ2n) is 16.9. The lowest BCUT2D eigenvalue weighted by Crippen LogP contribution is -2.58. The van der Waals surface area contributed by atoms with E-state index in [-0.39, 0.29) is 47.5 Å². The molecule has 3 fully saturated rings. The van der Waals surface area contributed by atoms with Gasteiger partial charge < -0.3 is 39.5 Å².